The summed E-state index contributed by atoms with van der Waals surface area (Å²) in [5.41, 5.74) is 7.70. The van der Waals surface area contributed by atoms with Gasteiger partial charge in [0.15, 0.2) is 5.75 Å². The second kappa shape index (κ2) is 5.11. The van der Waals surface area contributed by atoms with Crippen LogP contribution in [0.15, 0.2) is 40.9 Å². The van der Waals surface area contributed by atoms with E-state index in [1.54, 1.807) is 18.2 Å². The molecule has 0 heterocycles. The van der Waals surface area contributed by atoms with Gasteiger partial charge in [-0.25, -0.2) is 0 Å². The number of nitrogens with two attached hydrogens (primary N) is 1. The molecular formula is C14H11BrN2O. The predicted octanol–water partition coefficient (Wildman–Crippen LogP) is 4.00. The van der Waals surface area contributed by atoms with Gasteiger partial charge in [0.2, 0.25) is 0 Å². The van der Waals surface area contributed by atoms with Gasteiger partial charge >= 0.3 is 0 Å². The number of para-hydroxylation sites is 1. The lowest BCUT2D eigenvalue weighted by Crippen LogP contribution is -1.95. The first-order chi connectivity index (χ1) is 8.61. The Morgan fingerprint density at radius 2 is 2.06 bits per heavy atom. The Morgan fingerprint density at radius 3 is 2.72 bits per heavy atom. The first kappa shape index (κ1) is 12.5. The highest BCUT2D eigenvalue weighted by molar-refractivity contribution is 9.10. The van der Waals surface area contributed by atoms with Crippen molar-refractivity contribution in [3.63, 3.8) is 0 Å². The van der Waals surface area contributed by atoms with Gasteiger partial charge in [0, 0.05) is 4.47 Å². The first-order valence-corrected chi connectivity index (χ1v) is 6.13. The molecule has 0 bridgehead atoms. The van der Waals surface area contributed by atoms with Crippen molar-refractivity contribution in [2.24, 2.45) is 0 Å². The molecule has 0 unspecified atom stereocenters. The third kappa shape index (κ3) is 2.47. The molecule has 0 saturated heterocycles. The minimum absolute atomic E-state index is 0.362. The summed E-state index contributed by atoms with van der Waals surface area (Å²) in [6.45, 7) is 1.98. The van der Waals surface area contributed by atoms with Crippen LogP contribution < -0.4 is 10.5 Å². The van der Waals surface area contributed by atoms with Crippen LogP contribution in [0.1, 0.15) is 11.1 Å². The maximum atomic E-state index is 8.90. The summed E-state index contributed by atoms with van der Waals surface area (Å²) in [7, 11) is 0. The summed E-state index contributed by atoms with van der Waals surface area (Å²) in [4.78, 5) is 0. The predicted molar refractivity (Wildman–Crippen MR) is 74.5 cm³/mol. The van der Waals surface area contributed by atoms with Crippen molar-refractivity contribution in [1.29, 1.82) is 5.26 Å². The molecule has 0 spiro atoms. The Labute approximate surface area is 114 Å². The van der Waals surface area contributed by atoms with Crippen LogP contribution in [0.5, 0.6) is 11.5 Å². The van der Waals surface area contributed by atoms with E-state index in [0.29, 0.717) is 22.7 Å². The van der Waals surface area contributed by atoms with Crippen LogP contribution in [-0.2, 0) is 0 Å². The molecule has 18 heavy (non-hydrogen) atoms. The number of nitriles is 1. The molecule has 2 aromatic carbocycles. The topological polar surface area (TPSA) is 59.0 Å². The fourth-order valence-corrected chi connectivity index (χ4v) is 1.78. The van der Waals surface area contributed by atoms with Crippen molar-refractivity contribution in [3.8, 4) is 17.6 Å². The van der Waals surface area contributed by atoms with E-state index in [2.05, 4.69) is 15.9 Å². The zero-order chi connectivity index (χ0) is 13.1. The lowest BCUT2D eigenvalue weighted by Gasteiger charge is -2.10. The molecule has 0 saturated carbocycles. The van der Waals surface area contributed by atoms with E-state index in [-0.39, 0.29) is 0 Å². The number of ether oxygens (including phenoxy) is 1. The molecule has 2 aromatic rings. The van der Waals surface area contributed by atoms with Crippen molar-refractivity contribution in [2.75, 3.05) is 5.73 Å². The number of rotatable bonds is 2. The molecule has 0 aliphatic rings. The van der Waals surface area contributed by atoms with E-state index in [9.17, 15) is 0 Å². The van der Waals surface area contributed by atoms with E-state index >= 15 is 0 Å². The molecule has 2 rings (SSSR count). The number of anilines is 1. The standard InChI is InChI=1S/C14H11BrN2O/c1-9-7-11(5-6-12(9)15)18-13-4-2-3-10(8-16)14(13)17/h2-7H,17H2,1H3. The van der Waals surface area contributed by atoms with E-state index in [1.165, 1.54) is 0 Å². The Kier molecular flexibility index (Phi) is 3.54. The number of nitrogens with zero attached hydrogens (tertiary/aromatic N) is 1. The number of benzene rings is 2. The molecule has 0 fully saturated rings. The number of hydrogen-bond acceptors (Lipinski definition) is 3. The van der Waals surface area contributed by atoms with Gasteiger partial charge in [-0.15, -0.1) is 0 Å². The molecule has 0 amide bonds. The Morgan fingerprint density at radius 1 is 1.28 bits per heavy atom. The van der Waals surface area contributed by atoms with Gasteiger partial charge in [-0.2, -0.15) is 5.26 Å². The van der Waals surface area contributed by atoms with Gasteiger partial charge in [-0.05, 0) is 42.8 Å². The normalized spacial score (nSPS) is 9.83. The van der Waals surface area contributed by atoms with Crippen molar-refractivity contribution in [3.05, 3.63) is 52.0 Å². The summed E-state index contributed by atoms with van der Waals surface area (Å²) in [6.07, 6.45) is 0. The van der Waals surface area contributed by atoms with Gasteiger partial charge < -0.3 is 10.5 Å². The monoisotopic (exact) mass is 302 g/mol. The SMILES string of the molecule is Cc1cc(Oc2cccc(C#N)c2N)ccc1Br. The van der Waals surface area contributed by atoms with Crippen molar-refractivity contribution < 1.29 is 4.74 Å². The third-order valence-corrected chi connectivity index (χ3v) is 3.43. The van der Waals surface area contributed by atoms with Crippen LogP contribution in [0, 0.1) is 18.3 Å². The molecule has 0 aliphatic heterocycles. The number of aryl methyl sites for hydroxylation is 1. The number of nitrogen functional groups attached to an aromatic ring is 1. The Balaban J connectivity index is 2.35. The maximum absolute atomic E-state index is 8.90. The minimum Gasteiger partial charge on any atom is -0.455 e. The van der Waals surface area contributed by atoms with Crippen LogP contribution >= 0.6 is 15.9 Å². The van der Waals surface area contributed by atoms with Crippen LogP contribution in [0.3, 0.4) is 0 Å². The van der Waals surface area contributed by atoms with Gasteiger partial charge in [0.1, 0.15) is 11.8 Å². The van der Waals surface area contributed by atoms with Gasteiger partial charge in [-0.3, -0.25) is 0 Å². The third-order valence-electron chi connectivity index (χ3n) is 2.54. The zero-order valence-corrected chi connectivity index (χ0v) is 11.4. The maximum Gasteiger partial charge on any atom is 0.151 e. The molecule has 3 nitrogen and oxygen atoms in total. The van der Waals surface area contributed by atoms with Gasteiger partial charge in [0.25, 0.3) is 0 Å². The molecule has 0 aromatic heterocycles. The molecule has 90 valence electrons. The summed E-state index contributed by atoms with van der Waals surface area (Å²) >= 11 is 3.43. The van der Waals surface area contributed by atoms with Crippen LogP contribution in [0.2, 0.25) is 0 Å². The van der Waals surface area contributed by atoms with E-state index in [4.69, 9.17) is 15.7 Å². The lowest BCUT2D eigenvalue weighted by atomic mass is 10.2. The highest BCUT2D eigenvalue weighted by atomic mass is 79.9. The molecule has 0 atom stereocenters. The highest BCUT2D eigenvalue weighted by Crippen LogP contribution is 2.31. The van der Waals surface area contributed by atoms with E-state index < -0.39 is 0 Å². The lowest BCUT2D eigenvalue weighted by molar-refractivity contribution is 0.484. The second-order valence-corrected chi connectivity index (χ2v) is 4.70. The highest BCUT2D eigenvalue weighted by Gasteiger charge is 2.07. The van der Waals surface area contributed by atoms with Gasteiger partial charge in [0.05, 0.1) is 11.3 Å². The fraction of sp³-hybridized carbons (Fsp3) is 0.0714. The summed E-state index contributed by atoms with van der Waals surface area (Å²) < 4.78 is 6.71. The average molecular weight is 303 g/mol. The molecule has 0 radical (unpaired) electrons. The van der Waals surface area contributed by atoms with Gasteiger partial charge in [-0.1, -0.05) is 22.0 Å². The van der Waals surface area contributed by atoms with Crippen LogP contribution in [0.25, 0.3) is 0 Å². The molecule has 4 heteroatoms. The largest absolute Gasteiger partial charge is 0.455 e. The molecule has 2 N–H and O–H groups in total. The van der Waals surface area contributed by atoms with Crippen molar-refractivity contribution in [1.82, 2.24) is 0 Å². The van der Waals surface area contributed by atoms with E-state index in [0.717, 1.165) is 10.0 Å². The Hall–Kier alpha value is -1.99. The van der Waals surface area contributed by atoms with Crippen LogP contribution in [-0.4, -0.2) is 0 Å². The Bertz CT molecular complexity index is 632. The zero-order valence-electron chi connectivity index (χ0n) is 9.77. The average Bonchev–Trinajstić information content (AvgIpc) is 2.36. The molecule has 0 aliphatic carbocycles. The quantitative estimate of drug-likeness (QED) is 0.853. The first-order valence-electron chi connectivity index (χ1n) is 5.34. The smallest absolute Gasteiger partial charge is 0.151 e. The summed E-state index contributed by atoms with van der Waals surface area (Å²) in [6, 6.07) is 12.8. The van der Waals surface area contributed by atoms with E-state index in [1.807, 2.05) is 31.2 Å². The summed E-state index contributed by atoms with van der Waals surface area (Å²) in [5, 5.41) is 8.90. The summed E-state index contributed by atoms with van der Waals surface area (Å²) in [5.74, 6) is 1.19. The van der Waals surface area contributed by atoms with Crippen LogP contribution in [0.4, 0.5) is 5.69 Å². The molecular weight excluding hydrogens is 292 g/mol. The minimum atomic E-state index is 0.362. The number of halogens is 1. The number of hydrogen-bond donors (Lipinski definition) is 1. The van der Waals surface area contributed by atoms with Crippen molar-refractivity contribution in [2.45, 2.75) is 6.92 Å². The fourth-order valence-electron chi connectivity index (χ4n) is 1.54. The second-order valence-electron chi connectivity index (χ2n) is 3.84. The van der Waals surface area contributed by atoms with Crippen molar-refractivity contribution >= 4 is 21.6 Å².